The quantitative estimate of drug-likeness (QED) is 0.337. The summed E-state index contributed by atoms with van der Waals surface area (Å²) in [5, 5.41) is 27.2. The third kappa shape index (κ3) is 8.53. The van der Waals surface area contributed by atoms with Crippen LogP contribution in [0.4, 0.5) is 0 Å². The molecule has 2 unspecified atom stereocenters. The van der Waals surface area contributed by atoms with E-state index >= 15 is 0 Å². The average Bonchev–Trinajstić information content (AvgIpc) is 2.17. The molecule has 0 aromatic heterocycles. The van der Waals surface area contributed by atoms with Gasteiger partial charge in [-0.2, -0.15) is 0 Å². The minimum absolute atomic E-state index is 0.242. The van der Waals surface area contributed by atoms with Crippen molar-refractivity contribution in [2.45, 2.75) is 12.2 Å². The number of rotatable bonds is 9. The fourth-order valence-electron chi connectivity index (χ4n) is 1.19. The second kappa shape index (κ2) is 8.82. The molecular weight excluding hydrogens is 198 g/mol. The molecule has 0 rings (SSSR count). The first-order valence-corrected chi connectivity index (χ1v) is 4.94. The van der Waals surface area contributed by atoms with E-state index in [4.69, 9.17) is 14.9 Å². The first kappa shape index (κ1) is 14.5. The Kier molecular flexibility index (Phi) is 8.55. The van der Waals surface area contributed by atoms with Crippen molar-refractivity contribution in [2.24, 2.45) is 0 Å². The van der Waals surface area contributed by atoms with Gasteiger partial charge < -0.3 is 25.0 Å². The minimum Gasteiger partial charge on any atom is -0.394 e. The van der Waals surface area contributed by atoms with Crippen molar-refractivity contribution >= 4 is 0 Å². The summed E-state index contributed by atoms with van der Waals surface area (Å²) in [6.07, 6.45) is 0.253. The first-order valence-electron chi connectivity index (χ1n) is 4.94. The van der Waals surface area contributed by atoms with Crippen LogP contribution in [0.5, 0.6) is 0 Å². The Morgan fingerprint density at radius 1 is 1.33 bits per heavy atom. The van der Waals surface area contributed by atoms with Crippen molar-refractivity contribution in [1.82, 2.24) is 4.90 Å². The number of nitrogens with zero attached hydrogens (tertiary/aromatic N) is 1. The zero-order chi connectivity index (χ0) is 11.7. The second-order valence-electron chi connectivity index (χ2n) is 3.54. The van der Waals surface area contributed by atoms with Crippen LogP contribution in [-0.4, -0.2) is 72.4 Å². The third-order valence-electron chi connectivity index (χ3n) is 1.80. The van der Waals surface area contributed by atoms with E-state index in [0.29, 0.717) is 19.7 Å². The van der Waals surface area contributed by atoms with Crippen molar-refractivity contribution in [2.75, 3.05) is 40.0 Å². The summed E-state index contributed by atoms with van der Waals surface area (Å²) in [4.78, 5) is 1.74. The van der Waals surface area contributed by atoms with Gasteiger partial charge in [0.15, 0.2) is 0 Å². The van der Waals surface area contributed by atoms with Crippen molar-refractivity contribution < 1.29 is 20.1 Å². The summed E-state index contributed by atoms with van der Waals surface area (Å²) < 4.78 is 5.07. The summed E-state index contributed by atoms with van der Waals surface area (Å²) in [6, 6.07) is 0. The predicted octanol–water partition coefficient (Wildman–Crippen LogP) is -1.17. The van der Waals surface area contributed by atoms with Gasteiger partial charge in [-0.1, -0.05) is 6.08 Å². The summed E-state index contributed by atoms with van der Waals surface area (Å²) in [5.74, 6) is 0. The van der Waals surface area contributed by atoms with Gasteiger partial charge in [0.2, 0.25) is 0 Å². The molecule has 0 aromatic carbocycles. The largest absolute Gasteiger partial charge is 0.394 e. The van der Waals surface area contributed by atoms with Crippen LogP contribution in [0.25, 0.3) is 0 Å². The minimum atomic E-state index is -0.767. The molecule has 0 heterocycles. The highest BCUT2D eigenvalue weighted by molar-refractivity contribution is 4.67. The fourth-order valence-corrected chi connectivity index (χ4v) is 1.19. The molecule has 0 saturated carbocycles. The van der Waals surface area contributed by atoms with Crippen LogP contribution < -0.4 is 0 Å². The molecule has 0 saturated heterocycles. The molecule has 2 atom stereocenters. The highest BCUT2D eigenvalue weighted by atomic mass is 16.5. The lowest BCUT2D eigenvalue weighted by Gasteiger charge is -2.22. The fraction of sp³-hybridized carbons (Fsp3) is 0.800. The van der Waals surface area contributed by atoms with Gasteiger partial charge in [-0.3, -0.25) is 0 Å². The van der Waals surface area contributed by atoms with Crippen LogP contribution in [0.15, 0.2) is 12.7 Å². The smallest absolute Gasteiger partial charge is 0.0900 e. The number of aliphatic hydroxyl groups is 3. The molecule has 0 amide bonds. The normalized spacial score (nSPS) is 15.3. The van der Waals surface area contributed by atoms with Crippen LogP contribution in [-0.2, 0) is 4.74 Å². The molecule has 90 valence electrons. The predicted molar refractivity (Wildman–Crippen MR) is 57.6 cm³/mol. The molecule has 15 heavy (non-hydrogen) atoms. The van der Waals surface area contributed by atoms with Crippen LogP contribution in [0.3, 0.4) is 0 Å². The Morgan fingerprint density at radius 3 is 2.47 bits per heavy atom. The highest BCUT2D eigenvalue weighted by Gasteiger charge is 2.11. The van der Waals surface area contributed by atoms with Crippen molar-refractivity contribution in [1.29, 1.82) is 0 Å². The Bertz CT molecular complexity index is 166. The lowest BCUT2D eigenvalue weighted by Crippen LogP contribution is -2.38. The summed E-state index contributed by atoms with van der Waals surface area (Å²) in [5.41, 5.74) is 0. The number of ether oxygens (including phenoxy) is 1. The first-order chi connectivity index (χ1) is 7.10. The molecule has 3 N–H and O–H groups in total. The van der Waals surface area contributed by atoms with Crippen molar-refractivity contribution in [3.05, 3.63) is 12.7 Å². The van der Waals surface area contributed by atoms with Crippen LogP contribution >= 0.6 is 0 Å². The van der Waals surface area contributed by atoms with Gasteiger partial charge in [0.1, 0.15) is 0 Å². The van der Waals surface area contributed by atoms with Crippen molar-refractivity contribution in [3.63, 3.8) is 0 Å². The van der Waals surface area contributed by atoms with E-state index in [1.165, 1.54) is 0 Å². The van der Waals surface area contributed by atoms with E-state index < -0.39 is 12.2 Å². The molecule has 0 bridgehead atoms. The zero-order valence-electron chi connectivity index (χ0n) is 9.17. The van der Waals surface area contributed by atoms with Crippen LogP contribution in [0, 0.1) is 0 Å². The maximum absolute atomic E-state index is 9.49. The van der Waals surface area contributed by atoms with Gasteiger partial charge >= 0.3 is 0 Å². The molecule has 0 fully saturated rings. The lowest BCUT2D eigenvalue weighted by molar-refractivity contribution is 0.0143. The molecule has 0 aliphatic rings. The number of hydrogen-bond acceptors (Lipinski definition) is 5. The average molecular weight is 219 g/mol. The number of likely N-dealkylation sites (N-methyl/N-ethyl adjacent to an activating group) is 1. The molecule has 0 radical (unpaired) electrons. The Balaban J connectivity index is 3.56. The highest BCUT2D eigenvalue weighted by Crippen LogP contribution is 1.93. The van der Waals surface area contributed by atoms with Gasteiger partial charge in [0.05, 0.1) is 32.0 Å². The molecular formula is C10H21NO4. The van der Waals surface area contributed by atoms with Crippen LogP contribution in [0.1, 0.15) is 0 Å². The summed E-state index contributed by atoms with van der Waals surface area (Å²) >= 11 is 0. The number of hydrogen-bond donors (Lipinski definition) is 3. The third-order valence-corrected chi connectivity index (χ3v) is 1.80. The maximum Gasteiger partial charge on any atom is 0.0900 e. The van der Waals surface area contributed by atoms with Gasteiger partial charge in [-0.15, -0.1) is 6.58 Å². The van der Waals surface area contributed by atoms with E-state index in [1.807, 2.05) is 0 Å². The van der Waals surface area contributed by atoms with E-state index in [-0.39, 0.29) is 13.2 Å². The molecule has 5 heteroatoms. The molecule has 0 aliphatic carbocycles. The summed E-state index contributed by atoms with van der Waals surface area (Å²) in [7, 11) is 1.76. The SMILES string of the molecule is C=CCOCC(O)CN(C)CC(O)CO. The van der Waals surface area contributed by atoms with Gasteiger partial charge in [0, 0.05) is 13.1 Å². The van der Waals surface area contributed by atoms with Crippen LogP contribution in [0.2, 0.25) is 0 Å². The number of aliphatic hydroxyl groups excluding tert-OH is 3. The topological polar surface area (TPSA) is 73.2 Å². The van der Waals surface area contributed by atoms with Gasteiger partial charge in [-0.25, -0.2) is 0 Å². The Hall–Kier alpha value is -0.460. The van der Waals surface area contributed by atoms with E-state index in [9.17, 15) is 5.11 Å². The van der Waals surface area contributed by atoms with Gasteiger partial charge in [-0.05, 0) is 7.05 Å². The van der Waals surface area contributed by atoms with E-state index in [0.717, 1.165) is 0 Å². The standard InChI is InChI=1S/C10H21NO4/c1-3-4-15-8-10(14)6-11(2)5-9(13)7-12/h3,9-10,12-14H,1,4-8H2,2H3. The molecule has 5 nitrogen and oxygen atoms in total. The second-order valence-corrected chi connectivity index (χ2v) is 3.54. The summed E-state index contributed by atoms with van der Waals surface area (Å²) in [6.45, 7) is 4.60. The van der Waals surface area contributed by atoms with E-state index in [1.54, 1.807) is 18.0 Å². The van der Waals surface area contributed by atoms with E-state index in [2.05, 4.69) is 6.58 Å². The molecule has 0 spiro atoms. The molecule has 0 aromatic rings. The lowest BCUT2D eigenvalue weighted by atomic mass is 10.3. The maximum atomic E-state index is 9.49. The van der Waals surface area contributed by atoms with Crippen molar-refractivity contribution in [3.8, 4) is 0 Å². The monoisotopic (exact) mass is 219 g/mol. The Morgan fingerprint density at radius 2 is 1.93 bits per heavy atom. The molecule has 0 aliphatic heterocycles. The zero-order valence-corrected chi connectivity index (χ0v) is 9.17. The Labute approximate surface area is 90.6 Å². The van der Waals surface area contributed by atoms with Gasteiger partial charge in [0.25, 0.3) is 0 Å².